The van der Waals surface area contributed by atoms with Crippen molar-refractivity contribution in [1.29, 1.82) is 0 Å². The molecule has 1 aromatic rings. The van der Waals surface area contributed by atoms with Gasteiger partial charge in [-0.25, -0.2) is 0 Å². The molecule has 2 heterocycles. The predicted molar refractivity (Wildman–Crippen MR) is 112 cm³/mol. The van der Waals surface area contributed by atoms with E-state index in [1.54, 1.807) is 13.2 Å². The second-order valence-corrected chi connectivity index (χ2v) is 8.27. The van der Waals surface area contributed by atoms with Gasteiger partial charge in [-0.2, -0.15) is 0 Å². The number of benzene rings is 1. The fourth-order valence-electron chi connectivity index (χ4n) is 3.71. The number of carbonyl (C=O) groups excluding carboxylic acids is 1. The van der Waals surface area contributed by atoms with Crippen molar-refractivity contribution in [3.05, 3.63) is 23.8 Å². The highest BCUT2D eigenvalue weighted by Gasteiger charge is 2.33. The van der Waals surface area contributed by atoms with Crippen molar-refractivity contribution < 1.29 is 23.7 Å². The molecular weight excluding hydrogens is 372 g/mol. The Bertz CT molecular complexity index is 735. The van der Waals surface area contributed by atoms with Crippen molar-refractivity contribution in [3.63, 3.8) is 0 Å². The number of morpholine rings is 1. The summed E-state index contributed by atoms with van der Waals surface area (Å²) in [6, 6.07) is 3.68. The van der Waals surface area contributed by atoms with E-state index in [-0.39, 0.29) is 23.7 Å². The van der Waals surface area contributed by atoms with Crippen LogP contribution in [0.5, 0.6) is 17.2 Å². The van der Waals surface area contributed by atoms with Gasteiger partial charge in [-0.3, -0.25) is 9.69 Å². The topological polar surface area (TPSA) is 69.3 Å². The fourth-order valence-corrected chi connectivity index (χ4v) is 3.71. The first-order valence-corrected chi connectivity index (χ1v) is 10.1. The summed E-state index contributed by atoms with van der Waals surface area (Å²) < 4.78 is 22.4. The molecule has 0 bridgehead atoms. The molecule has 0 radical (unpaired) electrons. The van der Waals surface area contributed by atoms with Crippen LogP contribution < -0.4 is 19.5 Å². The minimum atomic E-state index is -0.157. The number of fused-ring (bicyclic) bond motifs is 1. The van der Waals surface area contributed by atoms with Gasteiger partial charge in [0.1, 0.15) is 13.2 Å². The van der Waals surface area contributed by atoms with Crippen LogP contribution in [0.2, 0.25) is 0 Å². The molecule has 0 saturated carbocycles. The SMILES string of the molecule is COc1cc(/C=C/C(=O)NCC(C)(C)N2CC(C)OC(C)C2)cc2c1OCCO2. The summed E-state index contributed by atoms with van der Waals surface area (Å²) in [6.45, 7) is 11.7. The lowest BCUT2D eigenvalue weighted by Gasteiger charge is -2.45. The molecule has 1 fully saturated rings. The number of hydrogen-bond donors (Lipinski definition) is 1. The van der Waals surface area contributed by atoms with Crippen molar-refractivity contribution in [2.75, 3.05) is 40.0 Å². The van der Waals surface area contributed by atoms with E-state index in [4.69, 9.17) is 18.9 Å². The molecule has 1 amide bonds. The summed E-state index contributed by atoms with van der Waals surface area (Å²) in [5.41, 5.74) is 0.659. The number of amides is 1. The molecule has 0 spiro atoms. The van der Waals surface area contributed by atoms with E-state index in [0.29, 0.717) is 37.0 Å². The molecule has 2 aliphatic heterocycles. The number of rotatable bonds is 6. The van der Waals surface area contributed by atoms with Gasteiger partial charge in [-0.05, 0) is 51.5 Å². The third kappa shape index (κ3) is 5.42. The van der Waals surface area contributed by atoms with Gasteiger partial charge in [0.15, 0.2) is 11.5 Å². The van der Waals surface area contributed by atoms with Crippen LogP contribution in [0.15, 0.2) is 18.2 Å². The monoisotopic (exact) mass is 404 g/mol. The first kappa shape index (κ1) is 21.5. The van der Waals surface area contributed by atoms with E-state index in [0.717, 1.165) is 18.7 Å². The molecule has 160 valence electrons. The maximum absolute atomic E-state index is 12.4. The highest BCUT2D eigenvalue weighted by atomic mass is 16.6. The third-order valence-electron chi connectivity index (χ3n) is 5.25. The average molecular weight is 405 g/mol. The highest BCUT2D eigenvalue weighted by molar-refractivity contribution is 5.92. The minimum absolute atomic E-state index is 0.138. The number of hydrogen-bond acceptors (Lipinski definition) is 6. The molecule has 1 aromatic carbocycles. The second kappa shape index (κ2) is 9.05. The van der Waals surface area contributed by atoms with Crippen LogP contribution in [0, 0.1) is 0 Å². The van der Waals surface area contributed by atoms with E-state index in [1.807, 2.05) is 12.1 Å². The molecule has 1 saturated heterocycles. The van der Waals surface area contributed by atoms with Crippen molar-refractivity contribution in [1.82, 2.24) is 10.2 Å². The van der Waals surface area contributed by atoms with Gasteiger partial charge in [-0.15, -0.1) is 0 Å². The number of methoxy groups -OCH3 is 1. The number of ether oxygens (including phenoxy) is 4. The Morgan fingerprint density at radius 2 is 1.93 bits per heavy atom. The van der Waals surface area contributed by atoms with Crippen LogP contribution in [0.25, 0.3) is 6.08 Å². The molecule has 29 heavy (non-hydrogen) atoms. The molecule has 2 aliphatic rings. The Kier molecular flexibility index (Phi) is 6.70. The Morgan fingerprint density at radius 3 is 2.62 bits per heavy atom. The van der Waals surface area contributed by atoms with Crippen molar-refractivity contribution in [2.24, 2.45) is 0 Å². The first-order chi connectivity index (χ1) is 13.8. The Morgan fingerprint density at radius 1 is 1.24 bits per heavy atom. The summed E-state index contributed by atoms with van der Waals surface area (Å²) in [5, 5.41) is 3.02. The maximum Gasteiger partial charge on any atom is 0.244 e. The van der Waals surface area contributed by atoms with Crippen LogP contribution in [0.4, 0.5) is 0 Å². The van der Waals surface area contributed by atoms with Crippen molar-refractivity contribution in [3.8, 4) is 17.2 Å². The van der Waals surface area contributed by atoms with Gasteiger partial charge in [0.2, 0.25) is 11.7 Å². The molecule has 0 aromatic heterocycles. The van der Waals surface area contributed by atoms with Gasteiger partial charge in [0.05, 0.1) is 19.3 Å². The quantitative estimate of drug-likeness (QED) is 0.735. The van der Waals surface area contributed by atoms with Gasteiger partial charge >= 0.3 is 0 Å². The van der Waals surface area contributed by atoms with Crippen LogP contribution >= 0.6 is 0 Å². The third-order valence-corrected chi connectivity index (χ3v) is 5.25. The molecule has 2 atom stereocenters. The minimum Gasteiger partial charge on any atom is -0.493 e. The standard InChI is InChI=1S/C22H32N2O5/c1-15-12-24(13-16(2)29-15)22(3,4)14-23-20(25)7-6-17-10-18(26-5)21-19(11-17)27-8-9-28-21/h6-7,10-11,15-16H,8-9,12-14H2,1-5H3,(H,23,25)/b7-6+. The smallest absolute Gasteiger partial charge is 0.244 e. The van der Waals surface area contributed by atoms with Gasteiger partial charge in [0, 0.05) is 31.2 Å². The molecule has 0 aliphatic carbocycles. The van der Waals surface area contributed by atoms with E-state index in [1.165, 1.54) is 6.08 Å². The molecule has 7 nitrogen and oxygen atoms in total. The number of nitrogens with one attached hydrogen (secondary N) is 1. The van der Waals surface area contributed by atoms with Crippen molar-refractivity contribution >= 4 is 12.0 Å². The molecule has 3 rings (SSSR count). The average Bonchev–Trinajstić information content (AvgIpc) is 2.69. The summed E-state index contributed by atoms with van der Waals surface area (Å²) >= 11 is 0. The Hall–Kier alpha value is -2.25. The van der Waals surface area contributed by atoms with Crippen LogP contribution in [-0.4, -0.2) is 68.5 Å². The normalized spacial score (nSPS) is 22.5. The zero-order valence-corrected chi connectivity index (χ0v) is 18.0. The van der Waals surface area contributed by atoms with Crippen LogP contribution in [-0.2, 0) is 9.53 Å². The van der Waals surface area contributed by atoms with E-state index < -0.39 is 0 Å². The molecule has 2 unspecified atom stereocenters. The van der Waals surface area contributed by atoms with Gasteiger partial charge in [-0.1, -0.05) is 0 Å². The van der Waals surface area contributed by atoms with E-state index in [9.17, 15) is 4.79 Å². The predicted octanol–water partition coefficient (Wildman–Crippen LogP) is 2.48. The lowest BCUT2D eigenvalue weighted by Crippen LogP contribution is -2.58. The number of nitrogens with zero attached hydrogens (tertiary/aromatic N) is 1. The summed E-state index contributed by atoms with van der Waals surface area (Å²) in [7, 11) is 1.59. The molecule has 7 heteroatoms. The maximum atomic E-state index is 12.4. The molecule has 1 N–H and O–H groups in total. The Labute approximate surface area is 172 Å². The Balaban J connectivity index is 1.60. The zero-order valence-electron chi connectivity index (χ0n) is 18.0. The lowest BCUT2D eigenvalue weighted by atomic mass is 10.00. The highest BCUT2D eigenvalue weighted by Crippen LogP contribution is 2.40. The summed E-state index contributed by atoms with van der Waals surface area (Å²) in [4.78, 5) is 14.8. The van der Waals surface area contributed by atoms with Crippen LogP contribution in [0.3, 0.4) is 0 Å². The molecular formula is C22H32N2O5. The fraction of sp³-hybridized carbons (Fsp3) is 0.591. The zero-order chi connectivity index (χ0) is 21.0. The van der Waals surface area contributed by atoms with Gasteiger partial charge < -0.3 is 24.3 Å². The van der Waals surface area contributed by atoms with Gasteiger partial charge in [0.25, 0.3) is 0 Å². The number of carbonyl (C=O) groups is 1. The lowest BCUT2D eigenvalue weighted by molar-refractivity contribution is -0.118. The summed E-state index contributed by atoms with van der Waals surface area (Å²) in [5.74, 6) is 1.70. The van der Waals surface area contributed by atoms with Crippen LogP contribution in [0.1, 0.15) is 33.3 Å². The summed E-state index contributed by atoms with van der Waals surface area (Å²) in [6.07, 6.45) is 3.67. The second-order valence-electron chi connectivity index (χ2n) is 8.27. The van der Waals surface area contributed by atoms with E-state index in [2.05, 4.69) is 37.9 Å². The first-order valence-electron chi connectivity index (χ1n) is 10.1. The van der Waals surface area contributed by atoms with E-state index >= 15 is 0 Å². The van der Waals surface area contributed by atoms with Crippen molar-refractivity contribution in [2.45, 2.75) is 45.4 Å². The largest absolute Gasteiger partial charge is 0.493 e.